The largest absolute Gasteiger partial charge is 0.335 e. The fraction of sp³-hybridized carbons (Fsp3) is 0.176. The fourth-order valence-electron chi connectivity index (χ4n) is 3.00. The van der Waals surface area contributed by atoms with Gasteiger partial charge in [0.2, 0.25) is 5.91 Å². The van der Waals surface area contributed by atoms with Crippen LogP contribution in [0.15, 0.2) is 53.0 Å². The van der Waals surface area contributed by atoms with Crippen LogP contribution in [0.25, 0.3) is 0 Å². The van der Waals surface area contributed by atoms with Crippen LogP contribution in [0.2, 0.25) is 0 Å². The smallest absolute Gasteiger partial charge is 0.261 e. The second-order valence-corrected chi connectivity index (χ2v) is 6.24. The zero-order chi connectivity index (χ0) is 15.9. The molecule has 0 saturated heterocycles. The molecule has 2 amide bonds. The molecule has 0 aliphatic carbocycles. The van der Waals surface area contributed by atoms with Gasteiger partial charge >= 0.3 is 0 Å². The number of likely N-dealkylation sites (N-methyl/N-ethyl adjacent to an activating group) is 1. The third kappa shape index (κ3) is 2.04. The lowest BCUT2D eigenvalue weighted by Crippen LogP contribution is -2.52. The maximum atomic E-state index is 13.0. The Balaban J connectivity index is 2.33. The van der Waals surface area contributed by atoms with Crippen molar-refractivity contribution in [2.45, 2.75) is 12.5 Å². The van der Waals surface area contributed by atoms with Crippen LogP contribution >= 0.6 is 15.9 Å². The zero-order valence-electron chi connectivity index (χ0n) is 12.3. The minimum absolute atomic E-state index is 0.165. The lowest BCUT2D eigenvalue weighted by molar-refractivity contribution is -0.128. The zero-order valence-corrected chi connectivity index (χ0v) is 13.8. The maximum absolute atomic E-state index is 13.0. The molecule has 1 N–H and O–H groups in total. The van der Waals surface area contributed by atoms with Gasteiger partial charge in [-0.05, 0) is 23.8 Å². The van der Waals surface area contributed by atoms with E-state index in [1.54, 1.807) is 11.9 Å². The third-order valence-corrected chi connectivity index (χ3v) is 4.41. The number of nitrogens with zero attached hydrogens (tertiary/aromatic N) is 1. The number of fused-ring (bicyclic) bond motifs is 1. The summed E-state index contributed by atoms with van der Waals surface area (Å²) in [5.41, 5.74) is 1.14. The van der Waals surface area contributed by atoms with Gasteiger partial charge in [0.25, 0.3) is 5.91 Å². The highest BCUT2D eigenvalue weighted by Crippen LogP contribution is 2.44. The number of benzene rings is 2. The van der Waals surface area contributed by atoms with Crippen LogP contribution in [0.4, 0.5) is 5.69 Å². The molecule has 0 saturated carbocycles. The molecule has 1 unspecified atom stereocenters. The molecule has 1 aliphatic heterocycles. The molecule has 0 spiro atoms. The summed E-state index contributed by atoms with van der Waals surface area (Å²) in [5.74, 6) is -0.416. The van der Waals surface area contributed by atoms with Crippen molar-refractivity contribution in [3.05, 3.63) is 64.1 Å². The van der Waals surface area contributed by atoms with Gasteiger partial charge in [0.1, 0.15) is 0 Å². The molecule has 2 aromatic rings. The molecule has 112 valence electrons. The second-order valence-electron chi connectivity index (χ2n) is 5.32. The number of carbonyl (C=O) groups excluding carboxylic acids is 2. The van der Waals surface area contributed by atoms with Crippen molar-refractivity contribution in [2.24, 2.45) is 0 Å². The highest BCUT2D eigenvalue weighted by Gasteiger charge is 2.51. The van der Waals surface area contributed by atoms with Gasteiger partial charge in [-0.15, -0.1) is 0 Å². The molecule has 0 fully saturated rings. The summed E-state index contributed by atoms with van der Waals surface area (Å²) in [7, 11) is 1.72. The predicted molar refractivity (Wildman–Crippen MR) is 88.6 cm³/mol. The van der Waals surface area contributed by atoms with E-state index in [1.165, 1.54) is 6.92 Å². The molecule has 0 bridgehead atoms. The SMILES string of the molecule is CC(=O)NC1(c2ccccc2)C(=O)N(C)c2ccc(Br)cc21. The van der Waals surface area contributed by atoms with Gasteiger partial charge in [-0.25, -0.2) is 0 Å². The first kappa shape index (κ1) is 14.8. The standard InChI is InChI=1S/C17H15BrN2O2/c1-11(21)19-17(12-6-4-3-5-7-12)14-10-13(18)8-9-15(14)20(2)16(17)22/h3-10H,1-2H3,(H,19,21). The Morgan fingerprint density at radius 3 is 2.50 bits per heavy atom. The minimum Gasteiger partial charge on any atom is -0.335 e. The number of nitrogens with one attached hydrogen (secondary N) is 1. The Morgan fingerprint density at radius 1 is 1.18 bits per heavy atom. The van der Waals surface area contributed by atoms with Crippen LogP contribution in [-0.4, -0.2) is 18.9 Å². The van der Waals surface area contributed by atoms with E-state index in [1.807, 2.05) is 48.5 Å². The van der Waals surface area contributed by atoms with E-state index in [0.717, 1.165) is 21.3 Å². The maximum Gasteiger partial charge on any atom is 0.261 e. The number of hydrogen-bond donors (Lipinski definition) is 1. The van der Waals surface area contributed by atoms with E-state index in [2.05, 4.69) is 21.2 Å². The molecule has 0 radical (unpaired) electrons. The monoisotopic (exact) mass is 358 g/mol. The summed E-state index contributed by atoms with van der Waals surface area (Å²) in [6.45, 7) is 1.42. The Labute approximate surface area is 137 Å². The minimum atomic E-state index is -1.18. The van der Waals surface area contributed by atoms with Gasteiger partial charge in [-0.1, -0.05) is 46.3 Å². The van der Waals surface area contributed by atoms with E-state index in [9.17, 15) is 9.59 Å². The summed E-state index contributed by atoms with van der Waals surface area (Å²) in [6.07, 6.45) is 0. The van der Waals surface area contributed by atoms with Gasteiger partial charge in [0.05, 0.1) is 0 Å². The first-order valence-corrected chi connectivity index (χ1v) is 7.68. The molecule has 5 heteroatoms. The van der Waals surface area contributed by atoms with Gasteiger partial charge in [-0.3, -0.25) is 9.59 Å². The average Bonchev–Trinajstić information content (AvgIpc) is 2.70. The van der Waals surface area contributed by atoms with E-state index < -0.39 is 5.54 Å². The lowest BCUT2D eigenvalue weighted by atomic mass is 9.83. The van der Waals surface area contributed by atoms with Crippen molar-refractivity contribution < 1.29 is 9.59 Å². The van der Waals surface area contributed by atoms with Crippen LogP contribution in [0.3, 0.4) is 0 Å². The Morgan fingerprint density at radius 2 is 1.86 bits per heavy atom. The van der Waals surface area contributed by atoms with Crippen molar-refractivity contribution in [2.75, 3.05) is 11.9 Å². The summed E-state index contributed by atoms with van der Waals surface area (Å²) in [6, 6.07) is 15.0. The second kappa shape index (κ2) is 5.25. The van der Waals surface area contributed by atoms with Crippen LogP contribution in [0.5, 0.6) is 0 Å². The average molecular weight is 359 g/mol. The van der Waals surface area contributed by atoms with Crippen LogP contribution in [0, 0.1) is 0 Å². The van der Waals surface area contributed by atoms with Crippen LogP contribution < -0.4 is 10.2 Å². The van der Waals surface area contributed by atoms with E-state index in [0.29, 0.717) is 0 Å². The normalized spacial score (nSPS) is 20.0. The van der Waals surface area contributed by atoms with Crippen molar-refractivity contribution in [3.63, 3.8) is 0 Å². The van der Waals surface area contributed by atoms with Crippen molar-refractivity contribution in [1.29, 1.82) is 0 Å². The van der Waals surface area contributed by atoms with Crippen molar-refractivity contribution >= 4 is 33.4 Å². The third-order valence-electron chi connectivity index (χ3n) is 3.92. The molecule has 1 aliphatic rings. The number of rotatable bonds is 2. The predicted octanol–water partition coefficient (Wildman–Crippen LogP) is 2.81. The Hall–Kier alpha value is -2.14. The van der Waals surface area contributed by atoms with Crippen LogP contribution in [0.1, 0.15) is 18.1 Å². The number of amides is 2. The van der Waals surface area contributed by atoms with Crippen LogP contribution in [-0.2, 0) is 15.1 Å². The van der Waals surface area contributed by atoms with Gasteiger partial charge in [-0.2, -0.15) is 0 Å². The number of carbonyl (C=O) groups is 2. The first-order chi connectivity index (χ1) is 10.5. The molecule has 22 heavy (non-hydrogen) atoms. The van der Waals surface area contributed by atoms with E-state index >= 15 is 0 Å². The van der Waals surface area contributed by atoms with Gasteiger partial charge < -0.3 is 10.2 Å². The van der Waals surface area contributed by atoms with E-state index in [-0.39, 0.29) is 11.8 Å². The molecule has 1 atom stereocenters. The highest BCUT2D eigenvalue weighted by atomic mass is 79.9. The fourth-order valence-corrected chi connectivity index (χ4v) is 3.36. The molecule has 4 nitrogen and oxygen atoms in total. The molecule has 0 aromatic heterocycles. The summed E-state index contributed by atoms with van der Waals surface area (Å²) in [4.78, 5) is 26.4. The lowest BCUT2D eigenvalue weighted by Gasteiger charge is -2.29. The summed E-state index contributed by atoms with van der Waals surface area (Å²) >= 11 is 3.45. The molecule has 2 aromatic carbocycles. The molecule has 3 rings (SSSR count). The van der Waals surface area contributed by atoms with Crippen molar-refractivity contribution in [3.8, 4) is 0 Å². The molecular weight excluding hydrogens is 344 g/mol. The highest BCUT2D eigenvalue weighted by molar-refractivity contribution is 9.10. The van der Waals surface area contributed by atoms with Gasteiger partial charge in [0.15, 0.2) is 5.54 Å². The van der Waals surface area contributed by atoms with Crippen molar-refractivity contribution in [1.82, 2.24) is 5.32 Å². The topological polar surface area (TPSA) is 49.4 Å². The Bertz CT molecular complexity index is 761. The Kier molecular flexibility index (Phi) is 3.53. The van der Waals surface area contributed by atoms with E-state index in [4.69, 9.17) is 0 Å². The van der Waals surface area contributed by atoms with Gasteiger partial charge in [0, 0.05) is 29.7 Å². The number of anilines is 1. The first-order valence-electron chi connectivity index (χ1n) is 6.89. The quantitative estimate of drug-likeness (QED) is 0.897. The summed E-state index contributed by atoms with van der Waals surface area (Å²) in [5, 5.41) is 2.88. The number of halogens is 1. The summed E-state index contributed by atoms with van der Waals surface area (Å²) < 4.78 is 0.861. The number of hydrogen-bond acceptors (Lipinski definition) is 2. The molecular formula is C17H15BrN2O2. The molecule has 1 heterocycles.